The van der Waals surface area contributed by atoms with Gasteiger partial charge in [0.2, 0.25) is 0 Å². The molecule has 12 atom stereocenters. The molecule has 240 valence electrons. The Bertz CT molecular complexity index is 1170. The van der Waals surface area contributed by atoms with Gasteiger partial charge in [-0.15, -0.1) is 0 Å². The highest BCUT2D eigenvalue weighted by Crippen LogP contribution is 2.48. The third-order valence-corrected chi connectivity index (χ3v) is 10.3. The van der Waals surface area contributed by atoms with Crippen LogP contribution in [0.4, 0.5) is 0 Å². The number of aliphatic hydroxyl groups excluding tert-OH is 2. The molecule has 0 aromatic carbocycles. The molecule has 4 heterocycles. The van der Waals surface area contributed by atoms with E-state index in [9.17, 15) is 20.1 Å². The molecule has 0 aromatic rings. The maximum Gasteiger partial charge on any atom is 0.316 e. The van der Waals surface area contributed by atoms with Crippen molar-refractivity contribution in [1.29, 1.82) is 0 Å². The van der Waals surface area contributed by atoms with Crippen LogP contribution in [0.5, 0.6) is 0 Å². The molecule has 2 bridgehead atoms. The maximum absolute atomic E-state index is 14.1. The van der Waals surface area contributed by atoms with E-state index in [0.29, 0.717) is 18.4 Å². The van der Waals surface area contributed by atoms with Crippen LogP contribution in [-0.4, -0.2) is 89.1 Å². The van der Waals surface area contributed by atoms with Crippen molar-refractivity contribution in [3.05, 3.63) is 47.1 Å². The van der Waals surface area contributed by atoms with Crippen LogP contribution >= 0.6 is 0 Å². The third-order valence-electron chi connectivity index (χ3n) is 10.3. The number of carbonyl (C=O) groups excluding carboxylic acids is 1. The first-order valence-electron chi connectivity index (χ1n) is 15.8. The predicted molar refractivity (Wildman–Crippen MR) is 160 cm³/mol. The standard InChI is InChI=1S/C34H50O9/c1-18(2)29-22(6)27(35)16-33(43-29)15-25-14-24(42-33)12-11-20(4)28(36)19(3)9-8-10-23-17-40-31-30(39-7)21(5)13-26(32(37)41-25)34(23,31)38/h8-11,13,18-19,22,24-31,35-36,38H,12,14-17H2,1-7H3/b9-8+,20-11+,23-10+/t19-,22-,24+,25-,26-,27-,28-,29+,30+,31+,33-,34+/m0/s1. The van der Waals surface area contributed by atoms with E-state index < -0.39 is 53.8 Å². The molecule has 1 aliphatic carbocycles. The van der Waals surface area contributed by atoms with Gasteiger partial charge in [-0.05, 0) is 42.9 Å². The Kier molecular flexibility index (Phi) is 9.46. The molecule has 3 fully saturated rings. The van der Waals surface area contributed by atoms with Crippen LogP contribution in [0.15, 0.2) is 47.1 Å². The van der Waals surface area contributed by atoms with Crippen LogP contribution < -0.4 is 0 Å². The van der Waals surface area contributed by atoms with Gasteiger partial charge in [0.25, 0.3) is 0 Å². The monoisotopic (exact) mass is 602 g/mol. The molecule has 0 radical (unpaired) electrons. The minimum absolute atomic E-state index is 0.0733. The van der Waals surface area contributed by atoms with Crippen molar-refractivity contribution in [1.82, 2.24) is 0 Å². The van der Waals surface area contributed by atoms with Crippen LogP contribution in [0.25, 0.3) is 0 Å². The first kappa shape index (κ1) is 32.5. The Morgan fingerprint density at radius 1 is 1.07 bits per heavy atom. The minimum atomic E-state index is -1.67. The fourth-order valence-corrected chi connectivity index (χ4v) is 7.74. The molecule has 5 rings (SSSR count). The second kappa shape index (κ2) is 12.5. The molecule has 0 amide bonds. The van der Waals surface area contributed by atoms with Crippen molar-refractivity contribution in [3.8, 4) is 0 Å². The molecule has 0 aromatic heterocycles. The molecular formula is C34H50O9. The summed E-state index contributed by atoms with van der Waals surface area (Å²) in [7, 11) is 1.56. The normalized spacial score (nSPS) is 48.9. The van der Waals surface area contributed by atoms with E-state index in [2.05, 4.69) is 13.8 Å². The van der Waals surface area contributed by atoms with E-state index in [-0.39, 0.29) is 49.4 Å². The number of hydrogen-bond donors (Lipinski definition) is 3. The number of rotatable bonds is 2. The smallest absolute Gasteiger partial charge is 0.316 e. The average molecular weight is 603 g/mol. The summed E-state index contributed by atoms with van der Waals surface area (Å²) in [6.07, 6.45) is 6.79. The highest BCUT2D eigenvalue weighted by molar-refractivity contribution is 5.78. The molecule has 3 saturated heterocycles. The number of esters is 1. The molecule has 1 spiro atoms. The van der Waals surface area contributed by atoms with E-state index in [0.717, 1.165) is 11.1 Å². The van der Waals surface area contributed by atoms with E-state index in [1.54, 1.807) is 25.3 Å². The Morgan fingerprint density at radius 2 is 1.81 bits per heavy atom. The van der Waals surface area contributed by atoms with Crippen molar-refractivity contribution < 1.29 is 43.8 Å². The number of allylic oxidation sites excluding steroid dienone is 2. The Balaban J connectivity index is 1.55. The van der Waals surface area contributed by atoms with Crippen LogP contribution in [0, 0.1) is 23.7 Å². The predicted octanol–water partition coefficient (Wildman–Crippen LogP) is 3.77. The van der Waals surface area contributed by atoms with E-state index in [1.807, 2.05) is 39.8 Å². The highest BCUT2D eigenvalue weighted by Gasteiger charge is 2.60. The summed E-state index contributed by atoms with van der Waals surface area (Å²) >= 11 is 0. The number of fused-ring (bicyclic) bond motifs is 2. The fraction of sp³-hybridized carbons (Fsp3) is 0.735. The van der Waals surface area contributed by atoms with Gasteiger partial charge >= 0.3 is 5.97 Å². The summed E-state index contributed by atoms with van der Waals surface area (Å²) in [6.45, 7) is 12.0. The number of ether oxygens (including phenoxy) is 5. The van der Waals surface area contributed by atoms with Gasteiger partial charge in [0.05, 0.1) is 31.0 Å². The molecule has 3 N–H and O–H groups in total. The molecule has 43 heavy (non-hydrogen) atoms. The van der Waals surface area contributed by atoms with Crippen LogP contribution in [0.1, 0.15) is 67.2 Å². The van der Waals surface area contributed by atoms with Gasteiger partial charge in [0.15, 0.2) is 5.79 Å². The molecular weight excluding hydrogens is 552 g/mol. The van der Waals surface area contributed by atoms with Crippen LogP contribution in [0.2, 0.25) is 0 Å². The molecule has 9 nitrogen and oxygen atoms in total. The van der Waals surface area contributed by atoms with Gasteiger partial charge in [-0.2, -0.15) is 0 Å². The summed E-state index contributed by atoms with van der Waals surface area (Å²) in [5.41, 5.74) is 0.479. The van der Waals surface area contributed by atoms with Crippen molar-refractivity contribution >= 4 is 5.97 Å². The summed E-state index contributed by atoms with van der Waals surface area (Å²) in [5, 5.41) is 34.5. The van der Waals surface area contributed by atoms with Gasteiger partial charge in [0.1, 0.15) is 29.8 Å². The second-order valence-corrected chi connectivity index (χ2v) is 13.8. The third kappa shape index (κ3) is 6.07. The van der Waals surface area contributed by atoms with Gasteiger partial charge in [-0.25, -0.2) is 0 Å². The lowest BCUT2D eigenvalue weighted by atomic mass is 9.70. The summed E-state index contributed by atoms with van der Waals surface area (Å²) < 4.78 is 31.3. The van der Waals surface area contributed by atoms with Crippen molar-refractivity contribution in [2.75, 3.05) is 13.7 Å². The molecule has 0 unspecified atom stereocenters. The summed E-state index contributed by atoms with van der Waals surface area (Å²) in [6, 6.07) is 0. The zero-order valence-corrected chi connectivity index (χ0v) is 26.6. The summed E-state index contributed by atoms with van der Waals surface area (Å²) in [4.78, 5) is 14.1. The van der Waals surface area contributed by atoms with Gasteiger partial charge in [-0.3, -0.25) is 4.79 Å². The zero-order valence-electron chi connectivity index (χ0n) is 26.6. The number of hydrogen-bond acceptors (Lipinski definition) is 9. The lowest BCUT2D eigenvalue weighted by Gasteiger charge is -2.52. The van der Waals surface area contributed by atoms with E-state index >= 15 is 0 Å². The van der Waals surface area contributed by atoms with Crippen molar-refractivity contribution in [3.63, 3.8) is 0 Å². The first-order valence-corrected chi connectivity index (χ1v) is 15.8. The van der Waals surface area contributed by atoms with Crippen molar-refractivity contribution in [2.24, 2.45) is 23.7 Å². The SMILES string of the molecule is CO[C@@H]1C(C)=C[C@H]2C(=O)O[C@H]3C[C@@H](C/C=C(\C)[C@@H](O)[C@@H](C)/C=C/C=C4\CO[C@H]1[C@@]42O)O[C@]1(C3)C[C@H](O)[C@H](C)[C@@H](C(C)C)O1. The largest absolute Gasteiger partial charge is 0.462 e. The lowest BCUT2D eigenvalue weighted by molar-refractivity contribution is -0.353. The fourth-order valence-electron chi connectivity index (χ4n) is 7.74. The molecule has 0 saturated carbocycles. The minimum Gasteiger partial charge on any atom is -0.462 e. The number of carbonyl (C=O) groups is 1. The average Bonchev–Trinajstić information content (AvgIpc) is 3.28. The molecule has 9 heteroatoms. The zero-order chi connectivity index (χ0) is 31.3. The first-order chi connectivity index (χ1) is 20.3. The molecule has 4 aliphatic heterocycles. The van der Waals surface area contributed by atoms with Gasteiger partial charge < -0.3 is 39.0 Å². The van der Waals surface area contributed by atoms with E-state index in [4.69, 9.17) is 23.7 Å². The quantitative estimate of drug-likeness (QED) is 0.320. The number of aliphatic hydroxyl groups is 3. The van der Waals surface area contributed by atoms with Gasteiger partial charge in [0, 0.05) is 38.2 Å². The van der Waals surface area contributed by atoms with Crippen LogP contribution in [-0.2, 0) is 28.5 Å². The Morgan fingerprint density at radius 3 is 2.51 bits per heavy atom. The second-order valence-electron chi connectivity index (χ2n) is 13.8. The van der Waals surface area contributed by atoms with Gasteiger partial charge in [-0.1, -0.05) is 58.1 Å². The Labute approximate surface area is 255 Å². The highest BCUT2D eigenvalue weighted by atomic mass is 16.7. The molecule has 5 aliphatic rings. The maximum atomic E-state index is 14.1. The number of methoxy groups -OCH3 is 1. The summed E-state index contributed by atoms with van der Waals surface area (Å²) in [5.74, 6) is -2.82. The van der Waals surface area contributed by atoms with E-state index in [1.165, 1.54) is 0 Å². The Hall–Kier alpha value is -1.85. The topological polar surface area (TPSA) is 124 Å². The van der Waals surface area contributed by atoms with Crippen LogP contribution in [0.3, 0.4) is 0 Å². The van der Waals surface area contributed by atoms with Crippen molar-refractivity contribution in [2.45, 2.75) is 121 Å². The lowest BCUT2D eigenvalue weighted by Crippen LogP contribution is -2.60.